The molecule has 1 saturated carbocycles. The van der Waals surface area contributed by atoms with Crippen molar-refractivity contribution in [2.75, 3.05) is 13.2 Å². The summed E-state index contributed by atoms with van der Waals surface area (Å²) in [6, 6.07) is 9.31. The topological polar surface area (TPSA) is 76.1 Å². The normalized spacial score (nSPS) is 27.2. The van der Waals surface area contributed by atoms with E-state index in [2.05, 4.69) is 13.8 Å². The molecule has 6 heteroatoms. The molecule has 1 aliphatic heterocycles. The Bertz CT molecular complexity index is 647. The second-order valence-corrected chi connectivity index (χ2v) is 8.06. The lowest BCUT2D eigenvalue weighted by atomic mass is 9.85. The molecule has 1 heterocycles. The van der Waals surface area contributed by atoms with Crippen molar-refractivity contribution in [3.63, 3.8) is 0 Å². The van der Waals surface area contributed by atoms with Gasteiger partial charge in [-0.2, -0.15) is 0 Å². The number of carboxylic acid groups (broad SMARTS) is 1. The van der Waals surface area contributed by atoms with E-state index in [1.165, 1.54) is 4.90 Å². The van der Waals surface area contributed by atoms with Gasteiger partial charge in [0.25, 0.3) is 0 Å². The fraction of sp³-hybridized carbons (Fsp3) is 0.619. The Morgan fingerprint density at radius 2 is 1.89 bits per heavy atom. The van der Waals surface area contributed by atoms with Crippen LogP contribution in [0, 0.1) is 17.8 Å². The zero-order chi connectivity index (χ0) is 19.4. The Hall–Kier alpha value is -2.08. The van der Waals surface area contributed by atoms with Gasteiger partial charge in [-0.1, -0.05) is 44.2 Å². The van der Waals surface area contributed by atoms with E-state index in [1.54, 1.807) is 0 Å². The third kappa shape index (κ3) is 5.01. The van der Waals surface area contributed by atoms with Crippen LogP contribution in [0.4, 0.5) is 4.79 Å². The summed E-state index contributed by atoms with van der Waals surface area (Å²) < 4.78 is 11.4. The van der Waals surface area contributed by atoms with Crippen molar-refractivity contribution in [1.82, 2.24) is 4.90 Å². The van der Waals surface area contributed by atoms with Crippen LogP contribution in [0.1, 0.15) is 38.7 Å². The quantitative estimate of drug-likeness (QED) is 0.823. The zero-order valence-corrected chi connectivity index (χ0v) is 16.0. The van der Waals surface area contributed by atoms with Crippen molar-refractivity contribution in [3.05, 3.63) is 35.9 Å². The maximum Gasteiger partial charge on any atom is 0.410 e. The highest BCUT2D eigenvalue weighted by Gasteiger charge is 2.43. The molecular weight excluding hydrogens is 346 g/mol. The number of nitrogens with zero attached hydrogens (tertiary/aromatic N) is 1. The molecule has 0 unspecified atom stereocenters. The molecule has 0 bridgehead atoms. The number of benzene rings is 1. The predicted molar refractivity (Wildman–Crippen MR) is 100 cm³/mol. The predicted octanol–water partition coefficient (Wildman–Crippen LogP) is 3.55. The number of carboxylic acids is 1. The number of rotatable bonds is 6. The van der Waals surface area contributed by atoms with Crippen LogP contribution in [0.2, 0.25) is 0 Å². The van der Waals surface area contributed by atoms with Crippen molar-refractivity contribution in [2.24, 2.45) is 17.8 Å². The first-order chi connectivity index (χ1) is 12.9. The van der Waals surface area contributed by atoms with Crippen molar-refractivity contribution >= 4 is 12.1 Å². The lowest BCUT2D eigenvalue weighted by Crippen LogP contribution is -2.42. The standard InChI is InChI=1S/C21H29NO5/c1-14(2)19-10-16-8-18(9-17(16)13-26-19)22(11-20(23)24)21(25)27-12-15-6-4-3-5-7-15/h3-7,14,16-19H,8-13H2,1-2H3,(H,23,24)/t16-,17+,18-,19-/m0/s1. The molecule has 1 saturated heterocycles. The van der Waals surface area contributed by atoms with Crippen LogP contribution in [0.25, 0.3) is 0 Å². The number of carbonyl (C=O) groups is 2. The Morgan fingerprint density at radius 1 is 1.19 bits per heavy atom. The average molecular weight is 375 g/mol. The number of ether oxygens (including phenoxy) is 2. The maximum absolute atomic E-state index is 12.6. The summed E-state index contributed by atoms with van der Waals surface area (Å²) in [5.41, 5.74) is 0.884. The first-order valence-corrected chi connectivity index (χ1v) is 9.74. The number of aliphatic carboxylic acids is 1. The molecule has 2 aliphatic rings. The average Bonchev–Trinajstić information content (AvgIpc) is 3.07. The van der Waals surface area contributed by atoms with E-state index < -0.39 is 12.1 Å². The van der Waals surface area contributed by atoms with Gasteiger partial charge in [0.15, 0.2) is 0 Å². The molecule has 0 spiro atoms. The number of hydrogen-bond donors (Lipinski definition) is 1. The largest absolute Gasteiger partial charge is 0.480 e. The van der Waals surface area contributed by atoms with E-state index >= 15 is 0 Å². The minimum absolute atomic E-state index is 0.103. The Labute approximate surface area is 160 Å². The summed E-state index contributed by atoms with van der Waals surface area (Å²) in [5.74, 6) is 0.325. The third-order valence-electron chi connectivity index (χ3n) is 5.81. The van der Waals surface area contributed by atoms with E-state index in [0.717, 1.165) is 24.8 Å². The van der Waals surface area contributed by atoms with Crippen LogP contribution in [-0.2, 0) is 20.9 Å². The van der Waals surface area contributed by atoms with Gasteiger partial charge in [-0.15, -0.1) is 0 Å². The molecule has 1 aromatic rings. The van der Waals surface area contributed by atoms with E-state index in [0.29, 0.717) is 24.4 Å². The molecule has 4 atom stereocenters. The van der Waals surface area contributed by atoms with Gasteiger partial charge >= 0.3 is 12.1 Å². The van der Waals surface area contributed by atoms with Crippen molar-refractivity contribution in [3.8, 4) is 0 Å². The molecule has 1 aliphatic carbocycles. The van der Waals surface area contributed by atoms with Gasteiger partial charge in [0.05, 0.1) is 12.7 Å². The second-order valence-electron chi connectivity index (χ2n) is 8.06. The molecule has 0 radical (unpaired) electrons. The highest BCUT2D eigenvalue weighted by molar-refractivity contribution is 5.77. The molecular formula is C21H29NO5. The summed E-state index contributed by atoms with van der Waals surface area (Å²) in [5, 5.41) is 9.28. The Balaban J connectivity index is 1.62. The van der Waals surface area contributed by atoms with E-state index in [4.69, 9.17) is 9.47 Å². The molecule has 2 fully saturated rings. The summed E-state index contributed by atoms with van der Waals surface area (Å²) in [6.07, 6.45) is 2.29. The number of carbonyl (C=O) groups excluding carboxylic acids is 1. The molecule has 3 rings (SSSR count). The van der Waals surface area contributed by atoms with Gasteiger partial charge in [0, 0.05) is 6.04 Å². The smallest absolute Gasteiger partial charge is 0.410 e. The van der Waals surface area contributed by atoms with Gasteiger partial charge in [-0.05, 0) is 42.6 Å². The summed E-state index contributed by atoms with van der Waals surface area (Å²) in [4.78, 5) is 25.4. The number of fused-ring (bicyclic) bond motifs is 1. The minimum Gasteiger partial charge on any atom is -0.480 e. The van der Waals surface area contributed by atoms with Crippen LogP contribution < -0.4 is 0 Å². The summed E-state index contributed by atoms with van der Waals surface area (Å²) >= 11 is 0. The van der Waals surface area contributed by atoms with Crippen LogP contribution in [-0.4, -0.2) is 47.4 Å². The molecule has 1 amide bonds. The second kappa shape index (κ2) is 8.74. The first-order valence-electron chi connectivity index (χ1n) is 9.74. The lowest BCUT2D eigenvalue weighted by Gasteiger charge is -2.34. The molecule has 27 heavy (non-hydrogen) atoms. The Morgan fingerprint density at radius 3 is 2.56 bits per heavy atom. The van der Waals surface area contributed by atoms with Crippen molar-refractivity contribution < 1.29 is 24.2 Å². The zero-order valence-electron chi connectivity index (χ0n) is 16.0. The summed E-state index contributed by atoms with van der Waals surface area (Å²) in [7, 11) is 0. The molecule has 1 aromatic carbocycles. The SMILES string of the molecule is CC(C)[C@@H]1C[C@@H]2C[C@H](N(CC(=O)O)C(=O)OCc3ccccc3)C[C@@H]2CO1. The van der Waals surface area contributed by atoms with Crippen LogP contribution in [0.5, 0.6) is 0 Å². The highest BCUT2D eigenvalue weighted by Crippen LogP contribution is 2.42. The molecule has 1 N–H and O–H groups in total. The number of hydrogen-bond acceptors (Lipinski definition) is 4. The van der Waals surface area contributed by atoms with E-state index in [1.807, 2.05) is 30.3 Å². The van der Waals surface area contributed by atoms with Crippen molar-refractivity contribution in [2.45, 2.75) is 51.9 Å². The van der Waals surface area contributed by atoms with Gasteiger partial charge in [-0.25, -0.2) is 4.79 Å². The molecule has 148 valence electrons. The summed E-state index contributed by atoms with van der Waals surface area (Å²) in [6.45, 7) is 4.84. The van der Waals surface area contributed by atoms with E-state index in [9.17, 15) is 14.7 Å². The molecule has 6 nitrogen and oxygen atoms in total. The van der Waals surface area contributed by atoms with Crippen LogP contribution in [0.3, 0.4) is 0 Å². The van der Waals surface area contributed by atoms with E-state index in [-0.39, 0.29) is 25.3 Å². The fourth-order valence-corrected chi connectivity index (χ4v) is 4.30. The van der Waals surface area contributed by atoms with Crippen LogP contribution >= 0.6 is 0 Å². The van der Waals surface area contributed by atoms with Crippen LogP contribution in [0.15, 0.2) is 30.3 Å². The Kier molecular flexibility index (Phi) is 6.37. The fourth-order valence-electron chi connectivity index (χ4n) is 4.30. The monoisotopic (exact) mass is 375 g/mol. The van der Waals surface area contributed by atoms with Gasteiger partial charge < -0.3 is 14.6 Å². The third-order valence-corrected chi connectivity index (χ3v) is 5.81. The van der Waals surface area contributed by atoms with Crippen molar-refractivity contribution in [1.29, 1.82) is 0 Å². The van der Waals surface area contributed by atoms with Gasteiger partial charge in [-0.3, -0.25) is 9.69 Å². The maximum atomic E-state index is 12.6. The van der Waals surface area contributed by atoms with Gasteiger partial charge in [0.1, 0.15) is 13.2 Å². The molecule has 0 aromatic heterocycles. The lowest BCUT2D eigenvalue weighted by molar-refractivity contribution is -0.138. The first kappa shape index (κ1) is 19.7. The minimum atomic E-state index is -1.02. The van der Waals surface area contributed by atoms with Gasteiger partial charge in [0.2, 0.25) is 0 Å². The number of amides is 1. The highest BCUT2D eigenvalue weighted by atomic mass is 16.6.